The maximum atomic E-state index is 10.2. The van der Waals surface area contributed by atoms with Crippen LogP contribution in [0, 0.1) is 10.8 Å². The van der Waals surface area contributed by atoms with Crippen LogP contribution in [0.3, 0.4) is 0 Å². The third kappa shape index (κ3) is 7.72. The van der Waals surface area contributed by atoms with E-state index in [9.17, 15) is 5.11 Å². The molecule has 1 saturated carbocycles. The maximum absolute atomic E-state index is 10.2. The number of phenolic OH excluding ortho intramolecular Hbond substituents is 1. The van der Waals surface area contributed by atoms with Gasteiger partial charge in [0.05, 0.1) is 0 Å². The molecule has 1 aromatic rings. The minimum Gasteiger partial charge on any atom is -0.508 e. The SMILES string of the molecule is CCC(C)(C)CCCCCCc1cc(CCCCC2(C)CC2)ccc1O. The van der Waals surface area contributed by atoms with Crippen LogP contribution in [0.15, 0.2) is 18.2 Å². The van der Waals surface area contributed by atoms with Gasteiger partial charge in [-0.1, -0.05) is 71.9 Å². The third-order valence-electron chi connectivity index (χ3n) is 6.75. The second kappa shape index (κ2) is 9.81. The highest BCUT2D eigenvalue weighted by molar-refractivity contribution is 5.36. The number of benzene rings is 1. The molecule has 1 heteroatoms. The average molecular weight is 359 g/mol. The van der Waals surface area contributed by atoms with Crippen LogP contribution in [-0.2, 0) is 12.8 Å². The molecular weight excluding hydrogens is 316 g/mol. The molecule has 0 saturated heterocycles. The molecule has 0 unspecified atom stereocenters. The molecule has 0 spiro atoms. The maximum Gasteiger partial charge on any atom is 0.118 e. The Morgan fingerprint density at radius 1 is 0.962 bits per heavy atom. The summed E-state index contributed by atoms with van der Waals surface area (Å²) in [6.07, 6.45) is 16.8. The lowest BCUT2D eigenvalue weighted by atomic mass is 9.84. The summed E-state index contributed by atoms with van der Waals surface area (Å²) in [7, 11) is 0. The molecule has 1 N–H and O–H groups in total. The fraction of sp³-hybridized carbons (Fsp3) is 0.760. The first-order valence-electron chi connectivity index (χ1n) is 11.1. The van der Waals surface area contributed by atoms with Crippen molar-refractivity contribution in [2.45, 2.75) is 111 Å². The van der Waals surface area contributed by atoms with Gasteiger partial charge >= 0.3 is 0 Å². The topological polar surface area (TPSA) is 20.2 Å². The Morgan fingerprint density at radius 3 is 2.35 bits per heavy atom. The molecule has 1 fully saturated rings. The van der Waals surface area contributed by atoms with Crippen molar-refractivity contribution in [3.8, 4) is 5.75 Å². The number of hydrogen-bond donors (Lipinski definition) is 1. The molecule has 0 aromatic heterocycles. The minimum atomic E-state index is 0.492. The number of phenols is 1. The lowest BCUT2D eigenvalue weighted by Crippen LogP contribution is -2.08. The van der Waals surface area contributed by atoms with Gasteiger partial charge in [0.1, 0.15) is 5.75 Å². The van der Waals surface area contributed by atoms with E-state index in [1.54, 1.807) is 0 Å². The molecule has 1 aromatic carbocycles. The second-order valence-electron chi connectivity index (χ2n) is 9.91. The van der Waals surface area contributed by atoms with E-state index in [4.69, 9.17) is 0 Å². The van der Waals surface area contributed by atoms with Crippen LogP contribution in [0.2, 0.25) is 0 Å². The number of aromatic hydroxyl groups is 1. The Balaban J connectivity index is 1.64. The van der Waals surface area contributed by atoms with Crippen LogP contribution in [0.4, 0.5) is 0 Å². The average Bonchev–Trinajstić information content (AvgIpc) is 3.34. The number of aryl methyl sites for hydroxylation is 2. The molecule has 148 valence electrons. The van der Waals surface area contributed by atoms with Crippen LogP contribution in [0.5, 0.6) is 5.75 Å². The quantitative estimate of drug-likeness (QED) is 0.356. The first-order valence-corrected chi connectivity index (χ1v) is 11.1. The molecule has 1 aliphatic carbocycles. The third-order valence-corrected chi connectivity index (χ3v) is 6.75. The van der Waals surface area contributed by atoms with Gasteiger partial charge in [-0.3, -0.25) is 0 Å². The summed E-state index contributed by atoms with van der Waals surface area (Å²) in [5.74, 6) is 0.492. The van der Waals surface area contributed by atoms with E-state index in [-0.39, 0.29) is 0 Å². The summed E-state index contributed by atoms with van der Waals surface area (Å²) in [5.41, 5.74) is 3.75. The zero-order valence-corrected chi connectivity index (χ0v) is 17.9. The predicted molar refractivity (Wildman–Crippen MR) is 114 cm³/mol. The molecule has 26 heavy (non-hydrogen) atoms. The van der Waals surface area contributed by atoms with Crippen LogP contribution >= 0.6 is 0 Å². The van der Waals surface area contributed by atoms with Gasteiger partial charge in [0.25, 0.3) is 0 Å². The number of hydrogen-bond acceptors (Lipinski definition) is 1. The highest BCUT2D eigenvalue weighted by Gasteiger charge is 2.35. The van der Waals surface area contributed by atoms with Crippen molar-refractivity contribution in [1.82, 2.24) is 0 Å². The van der Waals surface area contributed by atoms with Gasteiger partial charge in [-0.2, -0.15) is 0 Å². The number of rotatable bonds is 13. The van der Waals surface area contributed by atoms with E-state index in [1.807, 2.05) is 6.07 Å². The molecule has 1 nitrogen and oxygen atoms in total. The summed E-state index contributed by atoms with van der Waals surface area (Å²) in [6, 6.07) is 6.29. The van der Waals surface area contributed by atoms with E-state index in [0.29, 0.717) is 16.6 Å². The van der Waals surface area contributed by atoms with Crippen molar-refractivity contribution < 1.29 is 5.11 Å². The van der Waals surface area contributed by atoms with Crippen molar-refractivity contribution in [3.63, 3.8) is 0 Å². The predicted octanol–water partition coefficient (Wildman–Crippen LogP) is 7.83. The lowest BCUT2D eigenvalue weighted by Gasteiger charge is -2.22. The van der Waals surface area contributed by atoms with Crippen LogP contribution < -0.4 is 0 Å². The highest BCUT2D eigenvalue weighted by Crippen LogP contribution is 2.49. The molecular formula is C25H42O. The molecule has 0 aliphatic heterocycles. The smallest absolute Gasteiger partial charge is 0.118 e. The zero-order chi connectivity index (χ0) is 19.0. The van der Waals surface area contributed by atoms with Gasteiger partial charge in [0, 0.05) is 0 Å². The standard InChI is InChI=1S/C25H42O/c1-5-24(2,3)16-10-7-6-8-13-22-20-21(14-15-23(22)26)12-9-11-17-25(4)18-19-25/h14-15,20,26H,5-13,16-19H2,1-4H3. The van der Waals surface area contributed by atoms with Gasteiger partial charge in [-0.05, 0) is 79.4 Å². The fourth-order valence-corrected chi connectivity index (χ4v) is 3.79. The second-order valence-corrected chi connectivity index (χ2v) is 9.91. The van der Waals surface area contributed by atoms with E-state index in [0.717, 1.165) is 18.4 Å². The molecule has 0 bridgehead atoms. The molecule has 0 amide bonds. The zero-order valence-electron chi connectivity index (χ0n) is 17.9. The summed E-state index contributed by atoms with van der Waals surface area (Å²) in [4.78, 5) is 0. The molecule has 0 radical (unpaired) electrons. The van der Waals surface area contributed by atoms with Crippen LogP contribution in [-0.4, -0.2) is 5.11 Å². The van der Waals surface area contributed by atoms with Crippen LogP contribution in [0.25, 0.3) is 0 Å². The van der Waals surface area contributed by atoms with Gasteiger partial charge in [0.15, 0.2) is 0 Å². The monoisotopic (exact) mass is 358 g/mol. The first-order chi connectivity index (χ1) is 12.3. The summed E-state index contributed by atoms with van der Waals surface area (Å²) in [5, 5.41) is 10.2. The van der Waals surface area contributed by atoms with Crippen LogP contribution in [0.1, 0.15) is 109 Å². The van der Waals surface area contributed by atoms with Crippen molar-refractivity contribution >= 4 is 0 Å². The Morgan fingerprint density at radius 2 is 1.65 bits per heavy atom. The Bertz CT molecular complexity index is 539. The van der Waals surface area contributed by atoms with Crippen molar-refractivity contribution in [2.75, 3.05) is 0 Å². The van der Waals surface area contributed by atoms with Gasteiger partial charge in [0.2, 0.25) is 0 Å². The Kier molecular flexibility index (Phi) is 8.05. The van der Waals surface area contributed by atoms with E-state index >= 15 is 0 Å². The molecule has 1 aliphatic rings. The van der Waals surface area contributed by atoms with E-state index < -0.39 is 0 Å². The lowest BCUT2D eigenvalue weighted by molar-refractivity contribution is 0.307. The van der Waals surface area contributed by atoms with E-state index in [1.165, 1.54) is 76.2 Å². The van der Waals surface area contributed by atoms with Gasteiger partial charge < -0.3 is 5.11 Å². The van der Waals surface area contributed by atoms with Crippen molar-refractivity contribution in [2.24, 2.45) is 10.8 Å². The summed E-state index contributed by atoms with van der Waals surface area (Å²) < 4.78 is 0. The molecule has 0 heterocycles. The Hall–Kier alpha value is -0.980. The fourth-order valence-electron chi connectivity index (χ4n) is 3.79. The van der Waals surface area contributed by atoms with Crippen molar-refractivity contribution in [1.29, 1.82) is 0 Å². The minimum absolute atomic E-state index is 0.492. The Labute approximate surface area is 162 Å². The molecule has 2 rings (SSSR count). The van der Waals surface area contributed by atoms with Gasteiger partial charge in [-0.15, -0.1) is 0 Å². The summed E-state index contributed by atoms with van der Waals surface area (Å²) in [6.45, 7) is 9.47. The first kappa shape index (κ1) is 21.3. The van der Waals surface area contributed by atoms with Crippen molar-refractivity contribution in [3.05, 3.63) is 29.3 Å². The number of unbranched alkanes of at least 4 members (excludes halogenated alkanes) is 4. The van der Waals surface area contributed by atoms with Gasteiger partial charge in [-0.25, -0.2) is 0 Å². The molecule has 0 atom stereocenters. The van der Waals surface area contributed by atoms with E-state index in [2.05, 4.69) is 39.8 Å². The normalized spacial score (nSPS) is 16.0. The summed E-state index contributed by atoms with van der Waals surface area (Å²) >= 11 is 0. The largest absolute Gasteiger partial charge is 0.508 e. The highest BCUT2D eigenvalue weighted by atomic mass is 16.3.